The van der Waals surface area contributed by atoms with E-state index in [-0.39, 0.29) is 5.82 Å². The maximum atomic E-state index is 13.3. The second kappa shape index (κ2) is 7.32. The summed E-state index contributed by atoms with van der Waals surface area (Å²) in [7, 11) is 1.95. The fourth-order valence-electron chi connectivity index (χ4n) is 2.85. The summed E-state index contributed by atoms with van der Waals surface area (Å²) in [5, 5.41) is 3.24. The van der Waals surface area contributed by atoms with Crippen LogP contribution in [0, 0.1) is 12.7 Å². The Balaban J connectivity index is 2.30. The summed E-state index contributed by atoms with van der Waals surface area (Å²) in [6.07, 6.45) is 3.71. The molecule has 1 N–H and O–H groups in total. The van der Waals surface area contributed by atoms with E-state index >= 15 is 0 Å². The number of aromatic nitrogens is 1. The second-order valence-electron chi connectivity index (χ2n) is 5.42. The number of pyridine rings is 1. The summed E-state index contributed by atoms with van der Waals surface area (Å²) in [5.41, 5.74) is 4.63. The topological polar surface area (TPSA) is 24.9 Å². The quantitative estimate of drug-likeness (QED) is 0.877. The molecule has 0 saturated heterocycles. The van der Waals surface area contributed by atoms with E-state index in [1.165, 1.54) is 11.1 Å². The summed E-state index contributed by atoms with van der Waals surface area (Å²) in [6, 6.07) is 9.18. The van der Waals surface area contributed by atoms with Crippen molar-refractivity contribution in [2.75, 3.05) is 13.6 Å². The molecule has 2 nitrogen and oxygen atoms in total. The van der Waals surface area contributed by atoms with Crippen LogP contribution in [0.25, 0.3) is 0 Å². The SMILES string of the molecule is CCc1cccnc1C[C@H](CNC)c1ccc(F)cc1C. The second-order valence-corrected chi connectivity index (χ2v) is 5.42. The number of nitrogens with zero attached hydrogens (tertiary/aromatic N) is 1. The normalized spacial score (nSPS) is 12.4. The van der Waals surface area contributed by atoms with Gasteiger partial charge in [-0.2, -0.15) is 0 Å². The fourth-order valence-corrected chi connectivity index (χ4v) is 2.85. The highest BCUT2D eigenvalue weighted by atomic mass is 19.1. The number of hydrogen-bond donors (Lipinski definition) is 1. The van der Waals surface area contributed by atoms with Gasteiger partial charge in [-0.3, -0.25) is 4.98 Å². The third-order valence-corrected chi connectivity index (χ3v) is 3.93. The molecule has 21 heavy (non-hydrogen) atoms. The zero-order chi connectivity index (χ0) is 15.2. The maximum absolute atomic E-state index is 13.3. The molecule has 0 radical (unpaired) electrons. The molecule has 0 aliphatic carbocycles. The first-order valence-corrected chi connectivity index (χ1v) is 7.49. The number of nitrogens with one attached hydrogen (secondary N) is 1. The molecule has 0 aliphatic rings. The summed E-state index contributed by atoms with van der Waals surface area (Å²) in [5.74, 6) is 0.127. The van der Waals surface area contributed by atoms with Crippen LogP contribution >= 0.6 is 0 Å². The molecule has 0 saturated carbocycles. The summed E-state index contributed by atoms with van der Waals surface area (Å²) >= 11 is 0. The van der Waals surface area contributed by atoms with E-state index in [4.69, 9.17) is 0 Å². The standard InChI is InChI=1S/C18H23FN2/c1-4-14-6-5-9-21-18(14)11-15(12-20-3)17-8-7-16(19)10-13(17)2/h5-10,15,20H,4,11-12H2,1-3H3/t15-/m1/s1. The van der Waals surface area contributed by atoms with E-state index in [0.717, 1.165) is 30.6 Å². The molecule has 0 spiro atoms. The van der Waals surface area contributed by atoms with Crippen LogP contribution in [0.4, 0.5) is 4.39 Å². The first-order valence-electron chi connectivity index (χ1n) is 7.49. The average Bonchev–Trinajstić information content (AvgIpc) is 2.47. The molecule has 112 valence electrons. The Kier molecular flexibility index (Phi) is 5.45. The van der Waals surface area contributed by atoms with Gasteiger partial charge in [0.2, 0.25) is 0 Å². The fraction of sp³-hybridized carbons (Fsp3) is 0.389. The molecule has 1 aromatic heterocycles. The van der Waals surface area contributed by atoms with Gasteiger partial charge in [0, 0.05) is 24.4 Å². The van der Waals surface area contributed by atoms with Crippen LogP contribution in [0.2, 0.25) is 0 Å². The Morgan fingerprint density at radius 2 is 2.10 bits per heavy atom. The number of halogens is 1. The molecule has 0 bridgehead atoms. The number of benzene rings is 1. The van der Waals surface area contributed by atoms with Gasteiger partial charge in [-0.1, -0.05) is 19.1 Å². The lowest BCUT2D eigenvalue weighted by Crippen LogP contribution is -2.21. The molecule has 0 aliphatic heterocycles. The monoisotopic (exact) mass is 286 g/mol. The summed E-state index contributed by atoms with van der Waals surface area (Å²) in [6.45, 7) is 4.98. The predicted molar refractivity (Wildman–Crippen MR) is 85.1 cm³/mol. The van der Waals surface area contributed by atoms with E-state index in [1.54, 1.807) is 12.1 Å². The average molecular weight is 286 g/mol. The summed E-state index contributed by atoms with van der Waals surface area (Å²) in [4.78, 5) is 4.54. The van der Waals surface area contributed by atoms with Crippen molar-refractivity contribution in [3.8, 4) is 0 Å². The third-order valence-electron chi connectivity index (χ3n) is 3.93. The van der Waals surface area contributed by atoms with Gasteiger partial charge in [0.25, 0.3) is 0 Å². The van der Waals surface area contributed by atoms with Gasteiger partial charge in [-0.25, -0.2) is 4.39 Å². The van der Waals surface area contributed by atoms with Crippen LogP contribution < -0.4 is 5.32 Å². The highest BCUT2D eigenvalue weighted by Crippen LogP contribution is 2.25. The van der Waals surface area contributed by atoms with Crippen LogP contribution in [0.5, 0.6) is 0 Å². The van der Waals surface area contributed by atoms with Crippen molar-refractivity contribution in [3.05, 3.63) is 64.7 Å². The van der Waals surface area contributed by atoms with E-state index < -0.39 is 0 Å². The Morgan fingerprint density at radius 3 is 2.76 bits per heavy atom. The van der Waals surface area contributed by atoms with Gasteiger partial charge < -0.3 is 5.32 Å². The largest absolute Gasteiger partial charge is 0.319 e. The zero-order valence-corrected chi connectivity index (χ0v) is 13.0. The number of likely N-dealkylation sites (N-methyl/N-ethyl adjacent to an activating group) is 1. The molecule has 2 rings (SSSR count). The van der Waals surface area contributed by atoms with Crippen LogP contribution in [-0.2, 0) is 12.8 Å². The van der Waals surface area contributed by atoms with Crippen molar-refractivity contribution in [2.45, 2.75) is 32.6 Å². The van der Waals surface area contributed by atoms with E-state index in [9.17, 15) is 4.39 Å². The minimum absolute atomic E-state index is 0.174. The lowest BCUT2D eigenvalue weighted by Gasteiger charge is -2.20. The smallest absolute Gasteiger partial charge is 0.123 e. The van der Waals surface area contributed by atoms with Crippen molar-refractivity contribution in [1.29, 1.82) is 0 Å². The molecule has 0 fully saturated rings. The Hall–Kier alpha value is -1.74. The van der Waals surface area contributed by atoms with E-state index in [2.05, 4.69) is 23.3 Å². The molecule has 1 aromatic carbocycles. The molecule has 3 heteroatoms. The number of rotatable bonds is 6. The van der Waals surface area contributed by atoms with Gasteiger partial charge in [-0.15, -0.1) is 0 Å². The first kappa shape index (κ1) is 15.6. The maximum Gasteiger partial charge on any atom is 0.123 e. The molecular weight excluding hydrogens is 263 g/mol. The van der Waals surface area contributed by atoms with Gasteiger partial charge in [0.05, 0.1) is 0 Å². The predicted octanol–water partition coefficient (Wildman–Crippen LogP) is 3.64. The molecular formula is C18H23FN2. The molecule has 0 unspecified atom stereocenters. The van der Waals surface area contributed by atoms with Crippen molar-refractivity contribution >= 4 is 0 Å². The van der Waals surface area contributed by atoms with Crippen LogP contribution in [0.1, 0.15) is 35.2 Å². The lowest BCUT2D eigenvalue weighted by atomic mass is 9.89. The lowest BCUT2D eigenvalue weighted by molar-refractivity contribution is 0.601. The minimum atomic E-state index is -0.174. The number of hydrogen-bond acceptors (Lipinski definition) is 2. The van der Waals surface area contributed by atoms with Gasteiger partial charge in [0.1, 0.15) is 5.82 Å². The minimum Gasteiger partial charge on any atom is -0.319 e. The van der Waals surface area contributed by atoms with Crippen molar-refractivity contribution in [3.63, 3.8) is 0 Å². The Labute approximate surface area is 126 Å². The first-order chi connectivity index (χ1) is 10.2. The molecule has 2 aromatic rings. The van der Waals surface area contributed by atoms with Crippen molar-refractivity contribution < 1.29 is 4.39 Å². The highest BCUT2D eigenvalue weighted by Gasteiger charge is 2.16. The van der Waals surface area contributed by atoms with Crippen LogP contribution in [-0.4, -0.2) is 18.6 Å². The zero-order valence-electron chi connectivity index (χ0n) is 13.0. The Bertz CT molecular complexity index is 596. The highest BCUT2D eigenvalue weighted by molar-refractivity contribution is 5.32. The number of aryl methyl sites for hydroxylation is 2. The molecule has 1 heterocycles. The molecule has 0 amide bonds. The summed E-state index contributed by atoms with van der Waals surface area (Å²) < 4.78 is 13.3. The van der Waals surface area contributed by atoms with E-state index in [0.29, 0.717) is 5.92 Å². The van der Waals surface area contributed by atoms with Crippen molar-refractivity contribution in [2.24, 2.45) is 0 Å². The van der Waals surface area contributed by atoms with Crippen LogP contribution in [0.3, 0.4) is 0 Å². The third kappa shape index (κ3) is 3.88. The van der Waals surface area contributed by atoms with Gasteiger partial charge >= 0.3 is 0 Å². The van der Waals surface area contributed by atoms with Gasteiger partial charge in [0.15, 0.2) is 0 Å². The Morgan fingerprint density at radius 1 is 1.29 bits per heavy atom. The van der Waals surface area contributed by atoms with Gasteiger partial charge in [-0.05, 0) is 61.7 Å². The van der Waals surface area contributed by atoms with Crippen molar-refractivity contribution in [1.82, 2.24) is 10.3 Å². The van der Waals surface area contributed by atoms with E-state index in [1.807, 2.05) is 32.3 Å². The molecule has 1 atom stereocenters. The van der Waals surface area contributed by atoms with Crippen LogP contribution in [0.15, 0.2) is 36.5 Å².